The molecule has 0 saturated carbocycles. The molecule has 0 radical (unpaired) electrons. The Balaban J connectivity index is 1.83. The van der Waals surface area contributed by atoms with Crippen molar-refractivity contribution < 1.29 is 26.4 Å². The number of carbonyl (C=O) groups is 1. The molecule has 2 rings (SSSR count). The maximum atomic E-state index is 12.9. The summed E-state index contributed by atoms with van der Waals surface area (Å²) in [5, 5.41) is 3.53. The molecule has 1 aliphatic rings. The van der Waals surface area contributed by atoms with Crippen LogP contribution in [0, 0.1) is 11.8 Å². The molecule has 0 amide bonds. The molecule has 1 aromatic carbocycles. The van der Waals surface area contributed by atoms with E-state index < -0.39 is 27.9 Å². The second-order valence-corrected chi connectivity index (χ2v) is 11.3. The fourth-order valence-electron chi connectivity index (χ4n) is 4.27. The number of likely N-dealkylation sites (tertiary alicyclic amines) is 1. The number of nitrogens with zero attached hydrogens (tertiary/aromatic N) is 2. The van der Waals surface area contributed by atoms with Crippen LogP contribution in [0.1, 0.15) is 44.2 Å². The minimum Gasteiger partial charge on any atom is -0.314 e. The molecular formula is C23H36F3N3O3S. The van der Waals surface area contributed by atoms with Gasteiger partial charge in [0.15, 0.2) is 0 Å². The molecule has 33 heavy (non-hydrogen) atoms. The Hall–Kier alpha value is -1.49. The third kappa shape index (κ3) is 8.35. The summed E-state index contributed by atoms with van der Waals surface area (Å²) in [7, 11) is -1.89. The standard InChI is InChI=1S/C23H36F3N3O3S/c1-17(14-20-6-5-7-21(15-20)23(24,25)26)18(2)27-16-19-8-11-29(12-9-19)22(10-13-30)28(3)33(4,31)32/h5-7,13,15,17-19,22,27H,8-12,14,16H2,1-4H3. The predicted octanol–water partition coefficient (Wildman–Crippen LogP) is 3.38. The van der Waals surface area contributed by atoms with E-state index in [1.54, 1.807) is 6.07 Å². The lowest BCUT2D eigenvalue weighted by Gasteiger charge is -2.40. The maximum absolute atomic E-state index is 12.9. The zero-order valence-electron chi connectivity index (χ0n) is 19.8. The highest BCUT2D eigenvalue weighted by Crippen LogP contribution is 2.30. The first-order valence-corrected chi connectivity index (χ1v) is 13.2. The number of aldehydes is 1. The number of benzene rings is 1. The zero-order valence-corrected chi connectivity index (χ0v) is 20.6. The lowest BCUT2D eigenvalue weighted by atomic mass is 9.92. The second-order valence-electron chi connectivity index (χ2n) is 9.22. The van der Waals surface area contributed by atoms with Crippen LogP contribution >= 0.6 is 0 Å². The summed E-state index contributed by atoms with van der Waals surface area (Å²) in [4.78, 5) is 13.1. The number of sulfonamides is 1. The van der Waals surface area contributed by atoms with Gasteiger partial charge in [0.1, 0.15) is 6.29 Å². The van der Waals surface area contributed by atoms with Crippen LogP contribution in [-0.2, 0) is 27.4 Å². The molecule has 1 saturated heterocycles. The van der Waals surface area contributed by atoms with E-state index in [4.69, 9.17) is 0 Å². The van der Waals surface area contributed by atoms with Crippen LogP contribution < -0.4 is 5.32 Å². The summed E-state index contributed by atoms with van der Waals surface area (Å²) in [6.45, 7) is 6.29. The first kappa shape index (κ1) is 27.8. The summed E-state index contributed by atoms with van der Waals surface area (Å²) in [6.07, 6.45) is -0.435. The SMILES string of the molecule is CC(Cc1cccc(C(F)(F)F)c1)C(C)NCC1CCN(C(CC=O)N(C)S(C)(=O)=O)CC1. The Bertz CT molecular complexity index is 871. The number of carbonyl (C=O) groups excluding carboxylic acids is 1. The highest BCUT2D eigenvalue weighted by molar-refractivity contribution is 7.88. The van der Waals surface area contributed by atoms with Crippen LogP contribution in [0.4, 0.5) is 13.2 Å². The molecule has 0 aliphatic carbocycles. The largest absolute Gasteiger partial charge is 0.416 e. The molecule has 0 spiro atoms. The van der Waals surface area contributed by atoms with E-state index in [0.29, 0.717) is 31.0 Å². The van der Waals surface area contributed by atoms with Gasteiger partial charge in [0.25, 0.3) is 0 Å². The van der Waals surface area contributed by atoms with Crippen molar-refractivity contribution in [1.82, 2.24) is 14.5 Å². The van der Waals surface area contributed by atoms with Crippen molar-refractivity contribution in [2.45, 2.75) is 57.9 Å². The van der Waals surface area contributed by atoms with Crippen LogP contribution in [-0.4, -0.2) is 69.1 Å². The number of piperidine rings is 1. The average molecular weight is 492 g/mol. The van der Waals surface area contributed by atoms with Crippen LogP contribution in [0.25, 0.3) is 0 Å². The number of hydrogen-bond acceptors (Lipinski definition) is 5. The molecule has 1 aromatic rings. The first-order chi connectivity index (χ1) is 15.3. The van der Waals surface area contributed by atoms with E-state index in [1.165, 1.54) is 23.5 Å². The third-order valence-corrected chi connectivity index (χ3v) is 8.00. The van der Waals surface area contributed by atoms with Gasteiger partial charge in [-0.05, 0) is 69.3 Å². The number of hydrogen-bond donors (Lipinski definition) is 1. The molecule has 1 heterocycles. The molecule has 6 nitrogen and oxygen atoms in total. The van der Waals surface area contributed by atoms with Gasteiger partial charge in [-0.15, -0.1) is 0 Å². The summed E-state index contributed by atoms with van der Waals surface area (Å²) in [5.41, 5.74) is 0.0597. The number of rotatable bonds is 11. The van der Waals surface area contributed by atoms with Crippen LogP contribution in [0.5, 0.6) is 0 Å². The van der Waals surface area contributed by atoms with Gasteiger partial charge in [0.2, 0.25) is 10.0 Å². The van der Waals surface area contributed by atoms with E-state index in [0.717, 1.165) is 38.0 Å². The molecule has 3 unspecified atom stereocenters. The van der Waals surface area contributed by atoms with E-state index in [-0.39, 0.29) is 18.4 Å². The number of nitrogens with one attached hydrogen (secondary N) is 1. The predicted molar refractivity (Wildman–Crippen MR) is 123 cm³/mol. The highest BCUT2D eigenvalue weighted by Gasteiger charge is 2.32. The van der Waals surface area contributed by atoms with Crippen molar-refractivity contribution >= 4 is 16.3 Å². The summed E-state index contributed by atoms with van der Waals surface area (Å²) < 4.78 is 63.9. The highest BCUT2D eigenvalue weighted by atomic mass is 32.2. The molecule has 10 heteroatoms. The smallest absolute Gasteiger partial charge is 0.314 e. The van der Waals surface area contributed by atoms with E-state index in [2.05, 4.69) is 12.2 Å². The van der Waals surface area contributed by atoms with Crippen LogP contribution in [0.2, 0.25) is 0 Å². The van der Waals surface area contributed by atoms with Gasteiger partial charge in [-0.25, -0.2) is 8.42 Å². The fourth-order valence-corrected chi connectivity index (χ4v) is 4.93. The first-order valence-electron chi connectivity index (χ1n) is 11.3. The second kappa shape index (κ2) is 11.8. The molecular weight excluding hydrogens is 455 g/mol. The molecule has 0 bridgehead atoms. The average Bonchev–Trinajstić information content (AvgIpc) is 2.74. The van der Waals surface area contributed by atoms with Crippen molar-refractivity contribution in [3.63, 3.8) is 0 Å². The minimum atomic E-state index is -4.33. The van der Waals surface area contributed by atoms with Gasteiger partial charge in [-0.3, -0.25) is 4.90 Å². The summed E-state index contributed by atoms with van der Waals surface area (Å²) >= 11 is 0. The Labute approximate surface area is 195 Å². The van der Waals surface area contributed by atoms with Gasteiger partial charge >= 0.3 is 6.18 Å². The lowest BCUT2D eigenvalue weighted by molar-refractivity contribution is -0.137. The zero-order chi connectivity index (χ0) is 24.8. The minimum absolute atomic E-state index is 0.135. The van der Waals surface area contributed by atoms with E-state index in [9.17, 15) is 26.4 Å². The number of alkyl halides is 3. The maximum Gasteiger partial charge on any atom is 0.416 e. The molecule has 1 aliphatic heterocycles. The Morgan fingerprint density at radius 2 is 1.88 bits per heavy atom. The molecule has 3 atom stereocenters. The Morgan fingerprint density at radius 3 is 2.42 bits per heavy atom. The quantitative estimate of drug-likeness (QED) is 0.481. The Morgan fingerprint density at radius 1 is 1.24 bits per heavy atom. The van der Waals surface area contributed by atoms with Gasteiger partial charge < -0.3 is 10.1 Å². The third-order valence-electron chi connectivity index (χ3n) is 6.71. The van der Waals surface area contributed by atoms with Gasteiger partial charge in [-0.2, -0.15) is 17.5 Å². The molecule has 1 fully saturated rings. The van der Waals surface area contributed by atoms with Crippen molar-refractivity contribution in [2.24, 2.45) is 11.8 Å². The molecule has 0 aromatic heterocycles. The Kier molecular flexibility index (Phi) is 9.90. The molecule has 1 N–H and O–H groups in total. The van der Waals surface area contributed by atoms with Gasteiger partial charge in [0.05, 0.1) is 18.0 Å². The van der Waals surface area contributed by atoms with E-state index in [1.807, 2.05) is 11.8 Å². The van der Waals surface area contributed by atoms with Crippen LogP contribution in [0.15, 0.2) is 24.3 Å². The topological polar surface area (TPSA) is 69.7 Å². The van der Waals surface area contributed by atoms with Crippen LogP contribution in [0.3, 0.4) is 0 Å². The van der Waals surface area contributed by atoms with Gasteiger partial charge in [0, 0.05) is 19.5 Å². The monoisotopic (exact) mass is 491 g/mol. The van der Waals surface area contributed by atoms with E-state index >= 15 is 0 Å². The number of halogens is 3. The molecule has 188 valence electrons. The van der Waals surface area contributed by atoms with Crippen molar-refractivity contribution in [3.8, 4) is 0 Å². The fraction of sp³-hybridized carbons (Fsp3) is 0.696. The van der Waals surface area contributed by atoms with Gasteiger partial charge in [-0.1, -0.05) is 25.1 Å². The summed E-state index contributed by atoms with van der Waals surface area (Å²) in [5.74, 6) is 0.582. The van der Waals surface area contributed by atoms with Crippen molar-refractivity contribution in [3.05, 3.63) is 35.4 Å². The summed E-state index contributed by atoms with van der Waals surface area (Å²) in [6, 6.07) is 5.64. The van der Waals surface area contributed by atoms with Crippen molar-refractivity contribution in [1.29, 1.82) is 0 Å². The van der Waals surface area contributed by atoms with Crippen molar-refractivity contribution in [2.75, 3.05) is 32.9 Å². The normalized spacial score (nSPS) is 19.4. The lowest BCUT2D eigenvalue weighted by Crippen LogP contribution is -2.52.